The Morgan fingerprint density at radius 3 is 2.77 bits per heavy atom. The Balaban J connectivity index is 1.04. The molecule has 1 amide bonds. The number of nitrogens with zero attached hydrogens (tertiary/aromatic N) is 4. The maximum atomic E-state index is 14.0. The molecule has 1 unspecified atom stereocenters. The highest BCUT2D eigenvalue weighted by Crippen LogP contribution is 2.24. The lowest BCUT2D eigenvalue weighted by molar-refractivity contribution is -0.125. The summed E-state index contributed by atoms with van der Waals surface area (Å²) >= 11 is 0. The van der Waals surface area contributed by atoms with Crippen LogP contribution < -0.4 is 15.1 Å². The van der Waals surface area contributed by atoms with Crippen LogP contribution in [0.5, 0.6) is 0 Å². The summed E-state index contributed by atoms with van der Waals surface area (Å²) in [6.45, 7) is 8.80. The topological polar surface area (TPSA) is 67.5 Å². The number of halogens is 1. The number of nitrogens with one attached hydrogen (secondary N) is 2. The number of carbonyl (C=O) groups is 1. The summed E-state index contributed by atoms with van der Waals surface area (Å²) in [5.41, 5.74) is 3.91. The van der Waals surface area contributed by atoms with E-state index in [9.17, 15) is 9.18 Å². The van der Waals surface area contributed by atoms with Gasteiger partial charge in [0.15, 0.2) is 0 Å². The Morgan fingerprint density at radius 2 is 1.94 bits per heavy atom. The highest BCUT2D eigenvalue weighted by Gasteiger charge is 2.27. The first kappa shape index (κ1) is 23.6. The van der Waals surface area contributed by atoms with Crippen LogP contribution in [0.15, 0.2) is 42.5 Å². The van der Waals surface area contributed by atoms with Crippen molar-refractivity contribution in [3.8, 4) is 0 Å². The summed E-state index contributed by atoms with van der Waals surface area (Å²) < 4.78 is 14.0. The van der Waals surface area contributed by atoms with Gasteiger partial charge in [-0.1, -0.05) is 18.2 Å². The van der Waals surface area contributed by atoms with E-state index in [1.54, 1.807) is 6.07 Å². The summed E-state index contributed by atoms with van der Waals surface area (Å²) in [6.07, 6.45) is 2.82. The van der Waals surface area contributed by atoms with E-state index in [2.05, 4.69) is 44.1 Å². The number of H-pyrrole nitrogens is 1. The number of aryl methyl sites for hydroxylation is 1. The number of hydrogen-bond acceptors (Lipinski definition) is 5. The largest absolute Gasteiger partial charge is 0.367 e. The van der Waals surface area contributed by atoms with Gasteiger partial charge < -0.3 is 20.1 Å². The predicted octanol–water partition coefficient (Wildman–Crippen LogP) is 3.56. The van der Waals surface area contributed by atoms with Crippen LogP contribution in [0.1, 0.15) is 24.8 Å². The van der Waals surface area contributed by atoms with E-state index in [1.807, 2.05) is 18.2 Å². The first-order valence-electron chi connectivity index (χ1n) is 12.8. The molecule has 0 aliphatic carbocycles. The zero-order valence-electron chi connectivity index (χ0n) is 20.5. The van der Waals surface area contributed by atoms with Gasteiger partial charge >= 0.3 is 0 Å². The Morgan fingerprint density at radius 1 is 1.11 bits per heavy atom. The monoisotopic (exact) mass is 478 g/mol. The van der Waals surface area contributed by atoms with Gasteiger partial charge in [-0.05, 0) is 62.6 Å². The lowest BCUT2D eigenvalue weighted by atomic mass is 9.97. The molecule has 0 saturated carbocycles. The predicted molar refractivity (Wildman–Crippen MR) is 138 cm³/mol. The molecule has 2 aliphatic rings. The fourth-order valence-corrected chi connectivity index (χ4v) is 5.22. The van der Waals surface area contributed by atoms with Gasteiger partial charge in [0.05, 0.1) is 22.6 Å². The summed E-state index contributed by atoms with van der Waals surface area (Å²) in [4.78, 5) is 27.7. The van der Waals surface area contributed by atoms with E-state index in [0.717, 1.165) is 75.5 Å². The van der Waals surface area contributed by atoms with E-state index >= 15 is 0 Å². The molecular formula is C27H35FN6O. The quantitative estimate of drug-likeness (QED) is 0.509. The number of fused-ring (bicyclic) bond motifs is 1. The summed E-state index contributed by atoms with van der Waals surface area (Å²) in [5, 5.41) is 3.16. The van der Waals surface area contributed by atoms with E-state index < -0.39 is 0 Å². The van der Waals surface area contributed by atoms with E-state index in [4.69, 9.17) is 4.98 Å². The summed E-state index contributed by atoms with van der Waals surface area (Å²) in [6, 6.07) is 13.2. The molecule has 2 fully saturated rings. The Hall–Kier alpha value is -3.13. The number of imidazole rings is 1. The molecule has 2 aliphatic heterocycles. The molecular weight excluding hydrogens is 443 g/mol. The molecule has 2 N–H and O–H groups in total. The van der Waals surface area contributed by atoms with Crippen LogP contribution >= 0.6 is 0 Å². The number of piperidine rings is 1. The number of aromatic amines is 1. The maximum Gasteiger partial charge on any atom is 0.224 e. The first-order valence-corrected chi connectivity index (χ1v) is 12.8. The van der Waals surface area contributed by atoms with Gasteiger partial charge in [-0.2, -0.15) is 0 Å². The molecule has 3 heterocycles. The second-order valence-corrected chi connectivity index (χ2v) is 9.79. The third-order valence-electron chi connectivity index (χ3n) is 7.23. The molecule has 35 heavy (non-hydrogen) atoms. The van der Waals surface area contributed by atoms with Gasteiger partial charge in [0, 0.05) is 45.8 Å². The third kappa shape index (κ3) is 5.59. The number of rotatable bonds is 7. The number of hydrogen-bond donors (Lipinski definition) is 2. The lowest BCUT2D eigenvalue weighted by Crippen LogP contribution is -2.47. The number of aromatic nitrogens is 2. The fraction of sp³-hybridized carbons (Fsp3) is 0.481. The highest BCUT2D eigenvalue weighted by molar-refractivity contribution is 5.80. The Kier molecular flexibility index (Phi) is 7.18. The maximum absolute atomic E-state index is 14.0. The molecule has 0 radical (unpaired) electrons. The number of piperazine rings is 1. The van der Waals surface area contributed by atoms with Gasteiger partial charge in [0.1, 0.15) is 5.82 Å². The van der Waals surface area contributed by atoms with Crippen molar-refractivity contribution in [2.24, 2.45) is 5.92 Å². The van der Waals surface area contributed by atoms with Crippen LogP contribution in [0.25, 0.3) is 11.0 Å². The first-order chi connectivity index (χ1) is 17.1. The van der Waals surface area contributed by atoms with Crippen LogP contribution in [0.2, 0.25) is 0 Å². The van der Waals surface area contributed by atoms with Gasteiger partial charge in [-0.15, -0.1) is 0 Å². The smallest absolute Gasteiger partial charge is 0.224 e. The van der Waals surface area contributed by atoms with Crippen molar-refractivity contribution in [1.82, 2.24) is 20.2 Å². The van der Waals surface area contributed by atoms with Crippen LogP contribution in [-0.2, 0) is 4.79 Å². The second kappa shape index (κ2) is 10.6. The molecule has 2 saturated heterocycles. The lowest BCUT2D eigenvalue weighted by Gasteiger charge is -2.36. The van der Waals surface area contributed by atoms with Crippen LogP contribution in [-0.4, -0.2) is 73.1 Å². The number of amides is 1. The summed E-state index contributed by atoms with van der Waals surface area (Å²) in [5.74, 6) is 0.840. The molecule has 1 atom stereocenters. The second-order valence-electron chi connectivity index (χ2n) is 9.79. The minimum absolute atomic E-state index is 0.0111. The fourth-order valence-electron chi connectivity index (χ4n) is 5.22. The molecule has 2 aromatic carbocycles. The van der Waals surface area contributed by atoms with Crippen molar-refractivity contribution in [3.05, 3.63) is 53.8 Å². The standard InChI is InChI=1S/C27H35FN6O/c1-20-9-10-23-24(18-20)31-27(30-23)34-13-4-6-21(19-34)26(35)29-11-5-12-32-14-16-33(17-15-32)25-8-3-2-7-22(25)28/h2-3,7-10,18,21H,4-6,11-17,19H2,1H3,(H,29,35)(H,30,31). The highest BCUT2D eigenvalue weighted by atomic mass is 19.1. The van der Waals surface area contributed by atoms with E-state index in [-0.39, 0.29) is 17.6 Å². The SMILES string of the molecule is Cc1ccc2nc(N3CCCC(C(=O)NCCCN4CCN(c5ccccc5F)CC4)C3)[nH]c2c1. The van der Waals surface area contributed by atoms with Gasteiger partial charge in [-0.3, -0.25) is 9.69 Å². The third-order valence-corrected chi connectivity index (χ3v) is 7.23. The molecule has 7 nitrogen and oxygen atoms in total. The van der Waals surface area contributed by atoms with Crippen molar-refractivity contribution in [2.75, 3.05) is 62.2 Å². The Labute approximate surface area is 206 Å². The van der Waals surface area contributed by atoms with Gasteiger partial charge in [-0.25, -0.2) is 9.37 Å². The molecule has 1 aromatic heterocycles. The molecule has 0 bridgehead atoms. The van der Waals surface area contributed by atoms with Gasteiger partial charge in [0.25, 0.3) is 0 Å². The van der Waals surface area contributed by atoms with Gasteiger partial charge in [0.2, 0.25) is 11.9 Å². The Bertz CT molecular complexity index is 1160. The zero-order valence-corrected chi connectivity index (χ0v) is 20.5. The molecule has 186 valence electrons. The van der Waals surface area contributed by atoms with Crippen molar-refractivity contribution >= 4 is 28.6 Å². The van der Waals surface area contributed by atoms with Crippen LogP contribution in [0, 0.1) is 18.7 Å². The van der Waals surface area contributed by atoms with Crippen molar-refractivity contribution in [3.63, 3.8) is 0 Å². The average molecular weight is 479 g/mol. The van der Waals surface area contributed by atoms with E-state index in [1.165, 1.54) is 11.6 Å². The molecule has 5 rings (SSSR count). The normalized spacial score (nSPS) is 19.3. The van der Waals surface area contributed by atoms with Crippen molar-refractivity contribution < 1.29 is 9.18 Å². The molecule has 3 aromatic rings. The minimum atomic E-state index is -0.152. The molecule has 8 heteroatoms. The summed E-state index contributed by atoms with van der Waals surface area (Å²) in [7, 11) is 0. The zero-order chi connectivity index (χ0) is 24.2. The van der Waals surface area contributed by atoms with E-state index in [0.29, 0.717) is 18.8 Å². The van der Waals surface area contributed by atoms with Crippen molar-refractivity contribution in [2.45, 2.75) is 26.2 Å². The average Bonchev–Trinajstić information content (AvgIpc) is 3.31. The van der Waals surface area contributed by atoms with Crippen LogP contribution in [0.3, 0.4) is 0 Å². The number of anilines is 2. The molecule has 0 spiro atoms. The van der Waals surface area contributed by atoms with Crippen molar-refractivity contribution in [1.29, 1.82) is 0 Å². The van der Waals surface area contributed by atoms with Crippen LogP contribution in [0.4, 0.5) is 16.0 Å². The number of para-hydroxylation sites is 1. The number of benzene rings is 2. The minimum Gasteiger partial charge on any atom is -0.367 e. The number of carbonyl (C=O) groups excluding carboxylic acids is 1.